The van der Waals surface area contributed by atoms with Crippen LogP contribution < -0.4 is 11.2 Å². The van der Waals surface area contributed by atoms with Gasteiger partial charge >= 0.3 is 11.7 Å². The molecule has 11 heteroatoms. The number of rotatable bonds is 5. The Kier molecular flexibility index (Phi) is 5.33. The van der Waals surface area contributed by atoms with Crippen molar-refractivity contribution in [3.63, 3.8) is 0 Å². The van der Waals surface area contributed by atoms with Gasteiger partial charge in [0.15, 0.2) is 9.84 Å². The highest BCUT2D eigenvalue weighted by Gasteiger charge is 2.38. The first-order valence-electron chi connectivity index (χ1n) is 9.56. The van der Waals surface area contributed by atoms with Gasteiger partial charge in [0, 0.05) is 5.38 Å². The molecule has 0 spiro atoms. The molecule has 0 bridgehead atoms. The van der Waals surface area contributed by atoms with Gasteiger partial charge in [-0.25, -0.2) is 27.0 Å². The molecule has 0 aliphatic rings. The van der Waals surface area contributed by atoms with Crippen molar-refractivity contribution in [2.45, 2.75) is 23.5 Å². The normalized spacial score (nSPS) is 12.2. The van der Waals surface area contributed by atoms with E-state index in [4.69, 9.17) is 0 Å². The number of benzene rings is 2. The Labute approximate surface area is 190 Å². The van der Waals surface area contributed by atoms with E-state index < -0.39 is 37.6 Å². The average Bonchev–Trinajstić information content (AvgIpc) is 3.18. The number of aromatic carboxylic acids is 1. The lowest BCUT2D eigenvalue weighted by Gasteiger charge is -2.26. The first-order chi connectivity index (χ1) is 15.4. The van der Waals surface area contributed by atoms with Gasteiger partial charge in [0.05, 0.1) is 26.2 Å². The molecule has 33 heavy (non-hydrogen) atoms. The Morgan fingerprint density at radius 1 is 1.12 bits per heavy atom. The molecule has 0 aliphatic heterocycles. The molecule has 2 aromatic carbocycles. The standard InChI is InChI=1S/C22H17FN2O6S2/c1-22(2,12-5-3-6-13(23)9-12)33(30,31)15-8-4-7-14(10-15)25-19(26)17-16(24-21(25)29)11-32-18(17)20(27)28/h3-11H,1-2H3,(H,24,29)(H,27,28). The Hall–Kier alpha value is -3.57. The number of H-pyrrole nitrogens is 1. The van der Waals surface area contributed by atoms with Crippen molar-refractivity contribution in [2.75, 3.05) is 0 Å². The molecule has 0 unspecified atom stereocenters. The van der Waals surface area contributed by atoms with Crippen LogP contribution in [0.4, 0.5) is 4.39 Å². The van der Waals surface area contributed by atoms with Crippen molar-refractivity contribution in [1.29, 1.82) is 0 Å². The minimum atomic E-state index is -4.10. The number of thiophene rings is 1. The lowest BCUT2D eigenvalue weighted by molar-refractivity contribution is 0.0704. The number of hydrogen-bond donors (Lipinski definition) is 2. The molecule has 4 rings (SSSR count). The van der Waals surface area contributed by atoms with Gasteiger partial charge in [0.2, 0.25) is 0 Å². The van der Waals surface area contributed by atoms with Crippen LogP contribution in [0.5, 0.6) is 0 Å². The summed E-state index contributed by atoms with van der Waals surface area (Å²) in [5.74, 6) is -1.90. The van der Waals surface area contributed by atoms with E-state index in [9.17, 15) is 32.3 Å². The summed E-state index contributed by atoms with van der Waals surface area (Å²) >= 11 is 0.798. The zero-order valence-corrected chi connectivity index (χ0v) is 19.0. The van der Waals surface area contributed by atoms with Gasteiger partial charge < -0.3 is 10.1 Å². The fourth-order valence-electron chi connectivity index (χ4n) is 3.53. The van der Waals surface area contributed by atoms with Gasteiger partial charge in [-0.3, -0.25) is 4.79 Å². The summed E-state index contributed by atoms with van der Waals surface area (Å²) in [5, 5.41) is 10.5. The van der Waals surface area contributed by atoms with Crippen LogP contribution in [0.1, 0.15) is 29.1 Å². The maximum absolute atomic E-state index is 13.7. The number of carboxylic acid groups (broad SMARTS) is 1. The van der Waals surface area contributed by atoms with E-state index in [2.05, 4.69) is 4.98 Å². The second-order valence-electron chi connectivity index (χ2n) is 7.75. The third kappa shape index (κ3) is 3.58. The fraction of sp³-hybridized carbons (Fsp3) is 0.136. The molecule has 2 heterocycles. The van der Waals surface area contributed by atoms with E-state index in [0.29, 0.717) is 4.57 Å². The SMILES string of the molecule is CC(C)(c1cccc(F)c1)S(=O)(=O)c1cccc(-n2c(=O)[nH]c3csc(C(=O)O)c3c2=O)c1. The molecule has 2 N–H and O–H groups in total. The van der Waals surface area contributed by atoms with Crippen molar-refractivity contribution in [2.24, 2.45) is 0 Å². The molecule has 8 nitrogen and oxygen atoms in total. The van der Waals surface area contributed by atoms with Crippen LogP contribution in [0.25, 0.3) is 16.6 Å². The van der Waals surface area contributed by atoms with Crippen molar-refractivity contribution >= 4 is 38.0 Å². The van der Waals surface area contributed by atoms with Crippen molar-refractivity contribution < 1.29 is 22.7 Å². The maximum Gasteiger partial charge on any atom is 0.346 e. The van der Waals surface area contributed by atoms with Gasteiger partial charge in [0.25, 0.3) is 5.56 Å². The Morgan fingerprint density at radius 2 is 1.82 bits per heavy atom. The summed E-state index contributed by atoms with van der Waals surface area (Å²) in [6.45, 7) is 2.86. The quantitative estimate of drug-likeness (QED) is 0.444. The first kappa shape index (κ1) is 22.6. The molecule has 0 fully saturated rings. The molecule has 4 aromatic rings. The molecule has 0 aliphatic carbocycles. The zero-order valence-electron chi connectivity index (χ0n) is 17.3. The van der Waals surface area contributed by atoms with Crippen LogP contribution in [0.15, 0.2) is 68.4 Å². The van der Waals surface area contributed by atoms with Crippen LogP contribution in [-0.4, -0.2) is 29.0 Å². The second kappa shape index (κ2) is 7.78. The fourth-order valence-corrected chi connectivity index (χ4v) is 5.92. The summed E-state index contributed by atoms with van der Waals surface area (Å²) < 4.78 is 39.8. The van der Waals surface area contributed by atoms with E-state index >= 15 is 0 Å². The Bertz CT molecular complexity index is 1650. The predicted octanol–water partition coefficient (Wildman–Crippen LogP) is 3.29. The van der Waals surface area contributed by atoms with Crippen LogP contribution in [0.3, 0.4) is 0 Å². The highest BCUT2D eigenvalue weighted by Crippen LogP contribution is 2.35. The average molecular weight is 489 g/mol. The van der Waals surface area contributed by atoms with Gasteiger partial charge in [-0.2, -0.15) is 0 Å². The van der Waals surface area contributed by atoms with Crippen molar-refractivity contribution in [3.05, 3.63) is 91.0 Å². The van der Waals surface area contributed by atoms with Crippen LogP contribution in [-0.2, 0) is 14.6 Å². The van der Waals surface area contributed by atoms with Gasteiger partial charge in [-0.05, 0) is 49.7 Å². The van der Waals surface area contributed by atoms with E-state index in [0.717, 1.165) is 23.5 Å². The van der Waals surface area contributed by atoms with E-state index in [-0.39, 0.29) is 31.9 Å². The number of aromatic nitrogens is 2. The minimum Gasteiger partial charge on any atom is -0.477 e. The highest BCUT2D eigenvalue weighted by atomic mass is 32.2. The molecular weight excluding hydrogens is 471 g/mol. The number of halogens is 1. The van der Waals surface area contributed by atoms with E-state index in [1.807, 2.05) is 0 Å². The number of carbonyl (C=O) groups is 1. The number of carboxylic acids is 1. The van der Waals surface area contributed by atoms with Gasteiger partial charge in [-0.1, -0.05) is 18.2 Å². The van der Waals surface area contributed by atoms with Crippen LogP contribution in [0, 0.1) is 5.82 Å². The molecular formula is C22H17FN2O6S2. The zero-order chi connectivity index (χ0) is 24.1. The molecule has 170 valence electrons. The van der Waals surface area contributed by atoms with E-state index in [1.165, 1.54) is 55.6 Å². The largest absolute Gasteiger partial charge is 0.477 e. The number of hydrogen-bond acceptors (Lipinski definition) is 6. The van der Waals surface area contributed by atoms with Gasteiger partial charge in [0.1, 0.15) is 10.7 Å². The predicted molar refractivity (Wildman–Crippen MR) is 122 cm³/mol. The molecule has 0 atom stereocenters. The smallest absolute Gasteiger partial charge is 0.346 e. The molecule has 0 saturated heterocycles. The lowest BCUT2D eigenvalue weighted by Crippen LogP contribution is -2.34. The topological polar surface area (TPSA) is 126 Å². The summed E-state index contributed by atoms with van der Waals surface area (Å²) in [4.78, 5) is 39.2. The summed E-state index contributed by atoms with van der Waals surface area (Å²) in [6.07, 6.45) is 0. The number of aromatic amines is 1. The summed E-state index contributed by atoms with van der Waals surface area (Å²) in [7, 11) is -4.10. The molecule has 0 radical (unpaired) electrons. The molecule has 0 amide bonds. The minimum absolute atomic E-state index is 0.0539. The van der Waals surface area contributed by atoms with E-state index in [1.54, 1.807) is 0 Å². The number of nitrogens with one attached hydrogen (secondary N) is 1. The van der Waals surface area contributed by atoms with Crippen LogP contribution >= 0.6 is 11.3 Å². The number of nitrogens with zero attached hydrogens (tertiary/aromatic N) is 1. The number of fused-ring (bicyclic) bond motifs is 1. The third-order valence-electron chi connectivity index (χ3n) is 5.42. The first-order valence-corrected chi connectivity index (χ1v) is 11.9. The Balaban J connectivity index is 1.91. The lowest BCUT2D eigenvalue weighted by atomic mass is 10.0. The molecule has 2 aromatic heterocycles. The second-order valence-corrected chi connectivity index (χ2v) is 11.1. The summed E-state index contributed by atoms with van der Waals surface area (Å²) in [5.41, 5.74) is -1.47. The highest BCUT2D eigenvalue weighted by molar-refractivity contribution is 7.92. The maximum atomic E-state index is 13.7. The van der Waals surface area contributed by atoms with Gasteiger partial charge in [-0.15, -0.1) is 11.3 Å². The van der Waals surface area contributed by atoms with Crippen LogP contribution in [0.2, 0.25) is 0 Å². The van der Waals surface area contributed by atoms with Crippen molar-refractivity contribution in [1.82, 2.24) is 9.55 Å². The third-order valence-corrected chi connectivity index (χ3v) is 8.85. The monoisotopic (exact) mass is 488 g/mol. The summed E-state index contributed by atoms with van der Waals surface area (Å²) in [6, 6.07) is 10.4. The Morgan fingerprint density at radius 3 is 2.48 bits per heavy atom. The van der Waals surface area contributed by atoms with Crippen molar-refractivity contribution in [3.8, 4) is 5.69 Å². The number of sulfone groups is 1. The molecule has 0 saturated carbocycles.